The molecule has 0 N–H and O–H groups in total. The normalized spacial score (nSPS) is 11.9. The standard InChI is InChI=1S/C42H24N2OS/c1-2-8-26(9-3-1)40-32-19-21-37-39(34-23-28-10-4-5-11-29(28)24-38(34)46-37)41(32)44-42(43-40)27-16-14-25(15-17-27)30-18-20-36-33(22-30)31-12-6-7-13-35(31)45-36/h1-24H. The molecule has 0 fully saturated rings. The van der Waals surface area contributed by atoms with Crippen molar-refractivity contribution in [3.05, 3.63) is 146 Å². The summed E-state index contributed by atoms with van der Waals surface area (Å²) in [7, 11) is 0. The SMILES string of the molecule is c1ccc(-c2nc(-c3ccc(-c4ccc5oc6ccccc6c5c4)cc3)nc3c2ccc2sc4cc5ccccc5cc4c23)cc1. The first kappa shape index (κ1) is 25.5. The molecule has 0 aliphatic rings. The highest BCUT2D eigenvalue weighted by molar-refractivity contribution is 7.26. The zero-order valence-corrected chi connectivity index (χ0v) is 25.4. The van der Waals surface area contributed by atoms with Crippen molar-refractivity contribution in [2.75, 3.05) is 0 Å². The number of nitrogens with zero attached hydrogens (tertiary/aromatic N) is 2. The first-order valence-electron chi connectivity index (χ1n) is 15.4. The van der Waals surface area contributed by atoms with E-state index in [2.05, 4.69) is 127 Å². The maximum atomic E-state index is 6.06. The van der Waals surface area contributed by atoms with Crippen LogP contribution in [-0.2, 0) is 0 Å². The number of aromatic nitrogens is 2. The molecule has 10 rings (SSSR count). The number of furan rings is 1. The highest BCUT2D eigenvalue weighted by Gasteiger charge is 2.17. The maximum absolute atomic E-state index is 6.06. The van der Waals surface area contributed by atoms with Gasteiger partial charge in [0.05, 0.1) is 11.2 Å². The molecule has 10 aromatic rings. The predicted octanol–water partition coefficient (Wildman–Crippen LogP) is 12.1. The van der Waals surface area contributed by atoms with Crippen molar-refractivity contribution in [1.82, 2.24) is 9.97 Å². The third kappa shape index (κ3) is 3.91. The molecule has 0 radical (unpaired) electrons. The fourth-order valence-corrected chi connectivity index (χ4v) is 7.94. The Hall–Kier alpha value is -5.84. The van der Waals surface area contributed by atoms with Gasteiger partial charge in [-0.15, -0.1) is 11.3 Å². The Kier molecular flexibility index (Phi) is 5.45. The van der Waals surface area contributed by atoms with E-state index in [0.29, 0.717) is 0 Å². The number of hydrogen-bond donors (Lipinski definition) is 0. The first-order valence-corrected chi connectivity index (χ1v) is 16.2. The molecule has 7 aromatic carbocycles. The van der Waals surface area contributed by atoms with Crippen molar-refractivity contribution in [2.45, 2.75) is 0 Å². The Morgan fingerprint density at radius 3 is 2.02 bits per heavy atom. The minimum Gasteiger partial charge on any atom is -0.456 e. The number of thiophene rings is 1. The van der Waals surface area contributed by atoms with Crippen LogP contribution >= 0.6 is 11.3 Å². The van der Waals surface area contributed by atoms with E-state index in [-0.39, 0.29) is 0 Å². The number of para-hydroxylation sites is 1. The van der Waals surface area contributed by atoms with E-state index in [9.17, 15) is 0 Å². The van der Waals surface area contributed by atoms with Gasteiger partial charge in [-0.2, -0.15) is 0 Å². The predicted molar refractivity (Wildman–Crippen MR) is 194 cm³/mol. The largest absolute Gasteiger partial charge is 0.456 e. The van der Waals surface area contributed by atoms with Crippen LogP contribution in [0.1, 0.15) is 0 Å². The summed E-state index contributed by atoms with van der Waals surface area (Å²) in [6, 6.07) is 51.3. The summed E-state index contributed by atoms with van der Waals surface area (Å²) in [5.74, 6) is 0.724. The average molecular weight is 605 g/mol. The molecule has 214 valence electrons. The van der Waals surface area contributed by atoms with Gasteiger partial charge in [0.2, 0.25) is 0 Å². The second-order valence-electron chi connectivity index (χ2n) is 11.8. The summed E-state index contributed by atoms with van der Waals surface area (Å²) in [4.78, 5) is 10.5. The van der Waals surface area contributed by atoms with Gasteiger partial charge in [-0.3, -0.25) is 0 Å². The van der Waals surface area contributed by atoms with Crippen molar-refractivity contribution in [3.8, 4) is 33.8 Å². The lowest BCUT2D eigenvalue weighted by Gasteiger charge is -2.11. The molecule has 3 aromatic heterocycles. The molecule has 0 aliphatic carbocycles. The molecule has 0 amide bonds. The van der Waals surface area contributed by atoms with Crippen LogP contribution in [0.4, 0.5) is 0 Å². The Balaban J connectivity index is 1.17. The third-order valence-electron chi connectivity index (χ3n) is 9.07. The second-order valence-corrected chi connectivity index (χ2v) is 12.9. The summed E-state index contributed by atoms with van der Waals surface area (Å²) in [6.07, 6.45) is 0. The molecule has 0 atom stereocenters. The average Bonchev–Trinajstić information content (AvgIpc) is 3.68. The van der Waals surface area contributed by atoms with Crippen LogP contribution in [0.3, 0.4) is 0 Å². The number of benzene rings is 7. The highest BCUT2D eigenvalue weighted by Crippen LogP contribution is 2.42. The zero-order valence-electron chi connectivity index (χ0n) is 24.6. The second kappa shape index (κ2) is 9.83. The van der Waals surface area contributed by atoms with Crippen molar-refractivity contribution < 1.29 is 4.42 Å². The van der Waals surface area contributed by atoms with Crippen LogP contribution in [0.2, 0.25) is 0 Å². The van der Waals surface area contributed by atoms with Crippen LogP contribution in [-0.4, -0.2) is 9.97 Å². The van der Waals surface area contributed by atoms with Crippen LogP contribution < -0.4 is 0 Å². The van der Waals surface area contributed by atoms with Gasteiger partial charge >= 0.3 is 0 Å². The zero-order chi connectivity index (χ0) is 30.2. The molecule has 3 heterocycles. The van der Waals surface area contributed by atoms with E-state index >= 15 is 0 Å². The molecule has 0 unspecified atom stereocenters. The van der Waals surface area contributed by atoms with Crippen LogP contribution in [0.5, 0.6) is 0 Å². The van der Waals surface area contributed by atoms with Gasteiger partial charge in [0, 0.05) is 47.5 Å². The number of fused-ring (bicyclic) bond motifs is 9. The smallest absolute Gasteiger partial charge is 0.160 e. The quantitative estimate of drug-likeness (QED) is 0.201. The van der Waals surface area contributed by atoms with E-state index in [1.807, 2.05) is 29.5 Å². The van der Waals surface area contributed by atoms with Crippen LogP contribution in [0.25, 0.3) is 97.6 Å². The summed E-state index contributed by atoms with van der Waals surface area (Å²) in [6.45, 7) is 0. The molecule has 0 saturated heterocycles. The monoisotopic (exact) mass is 604 g/mol. The van der Waals surface area contributed by atoms with Gasteiger partial charge in [0.1, 0.15) is 11.2 Å². The van der Waals surface area contributed by atoms with Crippen molar-refractivity contribution in [1.29, 1.82) is 0 Å². The maximum Gasteiger partial charge on any atom is 0.160 e. The van der Waals surface area contributed by atoms with Crippen molar-refractivity contribution >= 4 is 75.1 Å². The number of hydrogen-bond acceptors (Lipinski definition) is 4. The minimum absolute atomic E-state index is 0.724. The Morgan fingerprint density at radius 1 is 0.435 bits per heavy atom. The lowest BCUT2D eigenvalue weighted by Crippen LogP contribution is -1.95. The van der Waals surface area contributed by atoms with Crippen LogP contribution in [0.15, 0.2) is 150 Å². The van der Waals surface area contributed by atoms with Gasteiger partial charge in [-0.1, -0.05) is 103 Å². The Bertz CT molecular complexity index is 2790. The lowest BCUT2D eigenvalue weighted by molar-refractivity contribution is 0.669. The molecular weight excluding hydrogens is 581 g/mol. The summed E-state index contributed by atoms with van der Waals surface area (Å²) < 4.78 is 8.57. The fraction of sp³-hybridized carbons (Fsp3) is 0. The van der Waals surface area contributed by atoms with Crippen LogP contribution in [0, 0.1) is 0 Å². The molecule has 0 bridgehead atoms. The lowest BCUT2D eigenvalue weighted by atomic mass is 10.00. The van der Waals surface area contributed by atoms with Crippen molar-refractivity contribution in [2.24, 2.45) is 0 Å². The Labute approximate surface area is 268 Å². The molecular formula is C42H24N2OS. The van der Waals surface area contributed by atoms with E-state index in [0.717, 1.165) is 66.6 Å². The highest BCUT2D eigenvalue weighted by atomic mass is 32.1. The molecule has 0 spiro atoms. The van der Waals surface area contributed by atoms with Gasteiger partial charge < -0.3 is 4.42 Å². The van der Waals surface area contributed by atoms with E-state index in [4.69, 9.17) is 14.4 Å². The first-order chi connectivity index (χ1) is 22.8. The molecule has 3 nitrogen and oxygen atoms in total. The van der Waals surface area contributed by atoms with Gasteiger partial charge in [0.25, 0.3) is 0 Å². The van der Waals surface area contributed by atoms with Gasteiger partial charge in [0.15, 0.2) is 5.82 Å². The topological polar surface area (TPSA) is 38.9 Å². The molecule has 46 heavy (non-hydrogen) atoms. The van der Waals surface area contributed by atoms with Gasteiger partial charge in [-0.25, -0.2) is 9.97 Å². The molecule has 4 heteroatoms. The fourth-order valence-electron chi connectivity index (χ4n) is 6.80. The molecule has 0 aliphatic heterocycles. The van der Waals surface area contributed by atoms with E-state index in [1.54, 1.807) is 0 Å². The van der Waals surface area contributed by atoms with Crippen molar-refractivity contribution in [3.63, 3.8) is 0 Å². The van der Waals surface area contributed by atoms with E-state index < -0.39 is 0 Å². The summed E-state index contributed by atoms with van der Waals surface area (Å²) >= 11 is 1.83. The summed E-state index contributed by atoms with van der Waals surface area (Å²) in [5.41, 5.74) is 8.10. The molecule has 0 saturated carbocycles. The van der Waals surface area contributed by atoms with E-state index in [1.165, 1.54) is 30.9 Å². The Morgan fingerprint density at radius 2 is 1.15 bits per heavy atom. The van der Waals surface area contributed by atoms with Gasteiger partial charge in [-0.05, 0) is 64.4 Å². The minimum atomic E-state index is 0.724. The summed E-state index contributed by atoms with van der Waals surface area (Å²) in [5, 5.41) is 8.25. The third-order valence-corrected chi connectivity index (χ3v) is 10.2. The number of rotatable bonds is 3.